The van der Waals surface area contributed by atoms with E-state index in [0.29, 0.717) is 28.1 Å². The summed E-state index contributed by atoms with van der Waals surface area (Å²) in [6, 6.07) is 21.5. The van der Waals surface area contributed by atoms with Crippen LogP contribution in [-0.4, -0.2) is 19.2 Å². The molecule has 6 heteroatoms. The summed E-state index contributed by atoms with van der Waals surface area (Å²) >= 11 is 0. The summed E-state index contributed by atoms with van der Waals surface area (Å²) in [6.45, 7) is 7.28. The fourth-order valence-corrected chi connectivity index (χ4v) is 4.65. The number of aliphatic hydroxyl groups is 1. The Labute approximate surface area is 208 Å². The van der Waals surface area contributed by atoms with Crippen molar-refractivity contribution in [3.8, 4) is 23.5 Å². The van der Waals surface area contributed by atoms with E-state index in [4.69, 9.17) is 13.0 Å². The van der Waals surface area contributed by atoms with E-state index in [-0.39, 0.29) is 5.56 Å². The number of fused-ring (bicyclic) bond motifs is 1. The van der Waals surface area contributed by atoms with Crippen molar-refractivity contribution in [2.24, 2.45) is 14.1 Å². The number of rotatable bonds is 4. The molecule has 0 amide bonds. The number of hydrogen-bond acceptors (Lipinski definition) is 3. The lowest BCUT2D eigenvalue weighted by Crippen LogP contribution is -2.31. The summed E-state index contributed by atoms with van der Waals surface area (Å²) in [7, 11) is 3.55. The lowest BCUT2D eigenvalue weighted by atomic mass is 9.82. The van der Waals surface area contributed by atoms with Crippen molar-refractivity contribution in [1.29, 1.82) is 0 Å². The number of aromatic nitrogens is 3. The van der Waals surface area contributed by atoms with Crippen LogP contribution in [0.2, 0.25) is 0 Å². The average molecular weight is 471 g/mol. The summed E-state index contributed by atoms with van der Waals surface area (Å²) in [5, 5.41) is 13.1. The first-order chi connectivity index (χ1) is 17.4. The molecule has 174 valence electrons. The van der Waals surface area contributed by atoms with Crippen LogP contribution in [-0.2, 0) is 19.7 Å². The first-order valence-corrected chi connectivity index (χ1v) is 11.3. The number of nitrogens with zero attached hydrogens (tertiary/aromatic N) is 4. The van der Waals surface area contributed by atoms with Gasteiger partial charge in [0.25, 0.3) is 5.56 Å². The number of aryl methyl sites for hydroxylation is 2. The molecule has 0 aliphatic carbocycles. The van der Waals surface area contributed by atoms with Crippen LogP contribution in [0.15, 0.2) is 90.1 Å². The highest BCUT2D eigenvalue weighted by Crippen LogP contribution is 2.39. The number of terminal acetylenes is 1. The zero-order valence-electron chi connectivity index (χ0n) is 19.8. The molecular weight excluding hydrogens is 448 g/mol. The van der Waals surface area contributed by atoms with Crippen LogP contribution in [0.4, 0.5) is 5.69 Å². The number of imidazole rings is 1. The molecule has 3 aromatic carbocycles. The van der Waals surface area contributed by atoms with Gasteiger partial charge in [-0.2, -0.15) is 0 Å². The van der Waals surface area contributed by atoms with Gasteiger partial charge in [-0.1, -0.05) is 48.4 Å². The van der Waals surface area contributed by atoms with Crippen LogP contribution in [0.5, 0.6) is 0 Å². The van der Waals surface area contributed by atoms with Gasteiger partial charge in [-0.15, -0.1) is 6.42 Å². The number of benzene rings is 3. The third-order valence-corrected chi connectivity index (χ3v) is 6.61. The smallest absolute Gasteiger partial charge is 0.251 e. The van der Waals surface area contributed by atoms with Gasteiger partial charge in [0.2, 0.25) is 0 Å². The average Bonchev–Trinajstić information content (AvgIpc) is 3.36. The van der Waals surface area contributed by atoms with E-state index in [1.54, 1.807) is 59.0 Å². The molecule has 0 bridgehead atoms. The van der Waals surface area contributed by atoms with Crippen molar-refractivity contribution < 1.29 is 5.11 Å². The van der Waals surface area contributed by atoms with Crippen LogP contribution in [0, 0.1) is 18.9 Å². The largest absolute Gasteiger partial charge is 0.374 e. The van der Waals surface area contributed by atoms with Gasteiger partial charge in [0.15, 0.2) is 11.3 Å². The fraction of sp³-hybridized carbons (Fsp3) is 0.100. The van der Waals surface area contributed by atoms with E-state index in [1.807, 2.05) is 49.5 Å². The van der Waals surface area contributed by atoms with E-state index >= 15 is 0 Å². The summed E-state index contributed by atoms with van der Waals surface area (Å²) < 4.78 is 3.35. The van der Waals surface area contributed by atoms with Crippen molar-refractivity contribution in [3.05, 3.63) is 129 Å². The maximum absolute atomic E-state index is 12.8. The molecule has 0 aliphatic rings. The molecule has 0 saturated carbocycles. The minimum absolute atomic E-state index is 0.145. The SMILES string of the molecule is [C-]#[N+]c1ccc([C@@](O)(c2ccc3c(c2)c(-c2cccc(C#C)c2)cc(=O)n3C)c2cncn2C)cc1. The second kappa shape index (κ2) is 8.70. The van der Waals surface area contributed by atoms with E-state index in [1.165, 1.54) is 0 Å². The van der Waals surface area contributed by atoms with Gasteiger partial charge in [-0.05, 0) is 46.5 Å². The Balaban J connectivity index is 1.83. The van der Waals surface area contributed by atoms with Crippen molar-refractivity contribution in [3.63, 3.8) is 0 Å². The maximum atomic E-state index is 12.8. The van der Waals surface area contributed by atoms with Crippen molar-refractivity contribution in [2.75, 3.05) is 0 Å². The maximum Gasteiger partial charge on any atom is 0.251 e. The number of hydrogen-bond donors (Lipinski definition) is 1. The van der Waals surface area contributed by atoms with Gasteiger partial charge in [0, 0.05) is 31.1 Å². The summed E-state index contributed by atoms with van der Waals surface area (Å²) in [5.41, 5.74) is 3.51. The molecule has 5 rings (SSSR count). The van der Waals surface area contributed by atoms with Crippen molar-refractivity contribution >= 4 is 16.6 Å². The minimum Gasteiger partial charge on any atom is -0.374 e. The summed E-state index contributed by atoms with van der Waals surface area (Å²) in [6.07, 6.45) is 8.89. The second-order valence-electron chi connectivity index (χ2n) is 8.67. The molecule has 2 aromatic heterocycles. The van der Waals surface area contributed by atoms with E-state index in [0.717, 1.165) is 22.0 Å². The molecule has 2 heterocycles. The molecule has 0 spiro atoms. The van der Waals surface area contributed by atoms with Gasteiger partial charge in [-0.25, -0.2) is 9.83 Å². The number of pyridine rings is 1. The van der Waals surface area contributed by atoms with E-state index in [2.05, 4.69) is 15.7 Å². The van der Waals surface area contributed by atoms with Gasteiger partial charge < -0.3 is 14.2 Å². The predicted octanol–water partition coefficient (Wildman–Crippen LogP) is 4.76. The molecular formula is C30H22N4O2. The van der Waals surface area contributed by atoms with Crippen molar-refractivity contribution in [2.45, 2.75) is 5.60 Å². The Morgan fingerprint density at radius 3 is 2.44 bits per heavy atom. The molecule has 0 saturated heterocycles. The van der Waals surface area contributed by atoms with Crippen LogP contribution >= 0.6 is 0 Å². The molecule has 1 atom stereocenters. The first kappa shape index (κ1) is 22.9. The molecule has 36 heavy (non-hydrogen) atoms. The molecule has 0 radical (unpaired) electrons. The lowest BCUT2D eigenvalue weighted by molar-refractivity contribution is 0.117. The van der Waals surface area contributed by atoms with Crippen LogP contribution < -0.4 is 5.56 Å². The highest BCUT2D eigenvalue weighted by atomic mass is 16.3. The Bertz CT molecular complexity index is 1760. The van der Waals surface area contributed by atoms with E-state index in [9.17, 15) is 9.90 Å². The van der Waals surface area contributed by atoms with Crippen LogP contribution in [0.1, 0.15) is 22.4 Å². The molecule has 0 aliphatic heterocycles. The fourth-order valence-electron chi connectivity index (χ4n) is 4.65. The van der Waals surface area contributed by atoms with Gasteiger partial charge in [-0.3, -0.25) is 4.79 Å². The molecule has 0 unspecified atom stereocenters. The molecule has 1 N–H and O–H groups in total. The lowest BCUT2D eigenvalue weighted by Gasteiger charge is -2.30. The molecule has 0 fully saturated rings. The monoisotopic (exact) mass is 470 g/mol. The Morgan fingerprint density at radius 1 is 1.03 bits per heavy atom. The Morgan fingerprint density at radius 2 is 1.78 bits per heavy atom. The van der Waals surface area contributed by atoms with Gasteiger partial charge in [0.05, 0.1) is 30.3 Å². The zero-order chi connectivity index (χ0) is 25.4. The topological polar surface area (TPSA) is 64.4 Å². The van der Waals surface area contributed by atoms with Gasteiger partial charge >= 0.3 is 0 Å². The quantitative estimate of drug-likeness (QED) is 0.304. The highest BCUT2D eigenvalue weighted by molar-refractivity contribution is 5.95. The Hall–Kier alpha value is -4.91. The predicted molar refractivity (Wildman–Crippen MR) is 141 cm³/mol. The Kier molecular flexibility index (Phi) is 5.53. The highest BCUT2D eigenvalue weighted by Gasteiger charge is 2.37. The molecule has 5 aromatic rings. The van der Waals surface area contributed by atoms with Crippen LogP contribution in [0.25, 0.3) is 26.9 Å². The summed E-state index contributed by atoms with van der Waals surface area (Å²) in [4.78, 5) is 20.5. The third kappa shape index (κ3) is 3.58. The normalized spacial score (nSPS) is 12.6. The minimum atomic E-state index is -1.56. The zero-order valence-corrected chi connectivity index (χ0v) is 19.8. The standard InChI is InChI=1S/C30H22N4O2/c1-5-20-7-6-8-21(15-20)25-17-29(35)34(4)27-14-11-23(16-26(25)27)30(36,28-18-32-19-33(28)3)22-9-12-24(31-2)13-10-22/h1,6-19,36H,3-4H3/t30-/m1/s1. The first-order valence-electron chi connectivity index (χ1n) is 11.3. The van der Waals surface area contributed by atoms with Crippen molar-refractivity contribution in [1.82, 2.24) is 14.1 Å². The second-order valence-corrected chi connectivity index (χ2v) is 8.67. The van der Waals surface area contributed by atoms with Gasteiger partial charge in [0.1, 0.15) is 0 Å². The van der Waals surface area contributed by atoms with Crippen LogP contribution in [0.3, 0.4) is 0 Å². The molecule has 6 nitrogen and oxygen atoms in total. The van der Waals surface area contributed by atoms with E-state index < -0.39 is 5.60 Å². The third-order valence-electron chi connectivity index (χ3n) is 6.61. The summed E-state index contributed by atoms with van der Waals surface area (Å²) in [5.74, 6) is 2.65.